The molecule has 12 heteroatoms. The Balaban J connectivity index is 1.78. The number of nitrogens with zero attached hydrogens (tertiary/aromatic N) is 2. The van der Waals surface area contributed by atoms with Crippen molar-refractivity contribution in [2.45, 2.75) is 12.7 Å². The van der Waals surface area contributed by atoms with Crippen LogP contribution in [0.5, 0.6) is 5.75 Å². The lowest BCUT2D eigenvalue weighted by molar-refractivity contribution is -0.138. The molecule has 2 amide bonds. The summed E-state index contributed by atoms with van der Waals surface area (Å²) in [5, 5.41) is 18.1. The number of aryl methyl sites for hydroxylation is 1. The molecule has 0 atom stereocenters. The molecule has 0 aliphatic rings. The second kappa shape index (κ2) is 9.09. The average molecular weight is 487 g/mol. The van der Waals surface area contributed by atoms with Gasteiger partial charge in [-0.25, -0.2) is 0 Å². The molecule has 0 aliphatic heterocycles. The Labute approximate surface area is 189 Å². The molecule has 3 aromatic rings. The van der Waals surface area contributed by atoms with Crippen LogP contribution in [-0.4, -0.2) is 26.7 Å². The van der Waals surface area contributed by atoms with E-state index in [0.29, 0.717) is 0 Å². The number of aromatic nitrogens is 2. The SMILES string of the molecule is Cn1cc(C(=O)NCc2ccccc2C(F)(F)F)c(NC(=O)c2cc(Cl)c(O)c(Cl)c2)n1. The van der Waals surface area contributed by atoms with Crippen molar-refractivity contribution in [1.82, 2.24) is 15.1 Å². The molecule has 2 aromatic carbocycles. The van der Waals surface area contributed by atoms with Crippen LogP contribution < -0.4 is 10.6 Å². The standard InChI is InChI=1S/C20H15Cl2F3N4O3/c1-29-9-12(19(32)26-8-10-4-2-3-5-13(10)20(23,24)25)17(28-29)27-18(31)11-6-14(21)16(30)15(22)7-11/h2-7,9,30H,8H2,1H3,(H,26,32)(H,27,28,31). The second-order valence-electron chi connectivity index (χ2n) is 6.65. The van der Waals surface area contributed by atoms with Crippen LogP contribution in [-0.2, 0) is 19.8 Å². The summed E-state index contributed by atoms with van der Waals surface area (Å²) in [7, 11) is 1.50. The summed E-state index contributed by atoms with van der Waals surface area (Å²) in [6.45, 7) is -0.389. The molecule has 1 aromatic heterocycles. The van der Waals surface area contributed by atoms with Crippen LogP contribution in [0.25, 0.3) is 0 Å². The molecular weight excluding hydrogens is 472 g/mol. The molecule has 7 nitrogen and oxygen atoms in total. The summed E-state index contributed by atoms with van der Waals surface area (Å²) in [5.41, 5.74) is -1.05. The Morgan fingerprint density at radius 1 is 1.12 bits per heavy atom. The smallest absolute Gasteiger partial charge is 0.416 e. The highest BCUT2D eigenvalue weighted by molar-refractivity contribution is 6.37. The van der Waals surface area contributed by atoms with Gasteiger partial charge in [-0.15, -0.1) is 0 Å². The number of amides is 2. The van der Waals surface area contributed by atoms with Gasteiger partial charge in [0.1, 0.15) is 5.56 Å². The van der Waals surface area contributed by atoms with E-state index in [1.54, 1.807) is 0 Å². The molecule has 0 unspecified atom stereocenters. The van der Waals surface area contributed by atoms with Gasteiger partial charge in [0.05, 0.1) is 15.6 Å². The largest absolute Gasteiger partial charge is 0.505 e. The van der Waals surface area contributed by atoms with Crippen molar-refractivity contribution < 1.29 is 27.9 Å². The molecule has 168 valence electrons. The minimum Gasteiger partial charge on any atom is -0.505 e. The van der Waals surface area contributed by atoms with Crippen LogP contribution in [0.15, 0.2) is 42.6 Å². The van der Waals surface area contributed by atoms with E-state index in [0.717, 1.165) is 6.07 Å². The fourth-order valence-electron chi connectivity index (χ4n) is 2.84. The van der Waals surface area contributed by atoms with Crippen molar-refractivity contribution in [2.75, 3.05) is 5.32 Å². The molecule has 0 bridgehead atoms. The lowest BCUT2D eigenvalue weighted by Gasteiger charge is -2.13. The minimum absolute atomic E-state index is 0.00563. The van der Waals surface area contributed by atoms with Crippen LogP contribution in [0, 0.1) is 0 Å². The number of alkyl halides is 3. The molecule has 0 aliphatic carbocycles. The van der Waals surface area contributed by atoms with Crippen LogP contribution in [0.2, 0.25) is 10.0 Å². The zero-order valence-electron chi connectivity index (χ0n) is 16.3. The third-order valence-electron chi connectivity index (χ3n) is 4.35. The number of aromatic hydroxyl groups is 1. The Morgan fingerprint density at radius 3 is 2.38 bits per heavy atom. The quantitative estimate of drug-likeness (QED) is 0.489. The molecule has 0 radical (unpaired) electrons. The molecule has 32 heavy (non-hydrogen) atoms. The fourth-order valence-corrected chi connectivity index (χ4v) is 3.33. The molecule has 3 N–H and O–H groups in total. The number of anilines is 1. The first-order chi connectivity index (χ1) is 15.0. The monoisotopic (exact) mass is 486 g/mol. The maximum atomic E-state index is 13.1. The number of carbonyl (C=O) groups is 2. The first-order valence-electron chi connectivity index (χ1n) is 8.93. The van der Waals surface area contributed by atoms with E-state index in [1.807, 2.05) is 0 Å². The minimum atomic E-state index is -4.57. The van der Waals surface area contributed by atoms with Crippen molar-refractivity contribution in [3.8, 4) is 5.75 Å². The Bertz CT molecular complexity index is 1170. The first kappa shape index (κ1) is 23.4. The normalized spacial score (nSPS) is 11.3. The summed E-state index contributed by atoms with van der Waals surface area (Å²) < 4.78 is 40.7. The van der Waals surface area contributed by atoms with E-state index in [4.69, 9.17) is 23.2 Å². The number of halogens is 5. The molecule has 1 heterocycles. The van der Waals surface area contributed by atoms with Gasteiger partial charge >= 0.3 is 6.18 Å². The molecule has 0 saturated heterocycles. The zero-order chi connectivity index (χ0) is 23.6. The van der Waals surface area contributed by atoms with Gasteiger partial charge in [-0.05, 0) is 23.8 Å². The molecule has 0 saturated carbocycles. The lowest BCUT2D eigenvalue weighted by atomic mass is 10.1. The number of phenolic OH excluding ortho intramolecular Hbond substituents is 1. The van der Waals surface area contributed by atoms with Gasteiger partial charge in [-0.3, -0.25) is 14.3 Å². The Morgan fingerprint density at radius 2 is 1.75 bits per heavy atom. The second-order valence-corrected chi connectivity index (χ2v) is 7.46. The summed E-state index contributed by atoms with van der Waals surface area (Å²) in [5.74, 6) is -1.97. The number of carbonyl (C=O) groups excluding carboxylic acids is 2. The first-order valence-corrected chi connectivity index (χ1v) is 9.69. The van der Waals surface area contributed by atoms with Crippen LogP contribution in [0.3, 0.4) is 0 Å². The Kier molecular flexibility index (Phi) is 6.65. The average Bonchev–Trinajstić information content (AvgIpc) is 3.09. The zero-order valence-corrected chi connectivity index (χ0v) is 17.8. The maximum absolute atomic E-state index is 13.1. The molecule has 0 spiro atoms. The molecule has 0 fully saturated rings. The highest BCUT2D eigenvalue weighted by Gasteiger charge is 2.33. The summed E-state index contributed by atoms with van der Waals surface area (Å²) in [6, 6.07) is 7.22. The molecular formula is C20H15Cl2F3N4O3. The van der Waals surface area contributed by atoms with Gasteiger partial charge in [-0.2, -0.15) is 18.3 Å². The van der Waals surface area contributed by atoms with Gasteiger partial charge < -0.3 is 15.7 Å². The lowest BCUT2D eigenvalue weighted by Crippen LogP contribution is -2.25. The number of rotatable bonds is 5. The van der Waals surface area contributed by atoms with E-state index < -0.39 is 23.6 Å². The summed E-state index contributed by atoms with van der Waals surface area (Å²) in [6.07, 6.45) is -3.27. The van der Waals surface area contributed by atoms with Crippen LogP contribution in [0.4, 0.5) is 19.0 Å². The van der Waals surface area contributed by atoms with E-state index in [1.165, 1.54) is 48.3 Å². The van der Waals surface area contributed by atoms with E-state index in [2.05, 4.69) is 15.7 Å². The molecule has 3 rings (SSSR count). The van der Waals surface area contributed by atoms with E-state index in [-0.39, 0.29) is 44.8 Å². The predicted molar refractivity (Wildman–Crippen MR) is 112 cm³/mol. The third-order valence-corrected chi connectivity index (χ3v) is 4.92. The predicted octanol–water partition coefficient (Wildman–Crippen LogP) is 4.63. The van der Waals surface area contributed by atoms with Gasteiger partial charge in [0, 0.05) is 25.4 Å². The summed E-state index contributed by atoms with van der Waals surface area (Å²) in [4.78, 5) is 25.1. The van der Waals surface area contributed by atoms with Gasteiger partial charge in [0.2, 0.25) is 0 Å². The maximum Gasteiger partial charge on any atom is 0.416 e. The van der Waals surface area contributed by atoms with E-state index in [9.17, 15) is 27.9 Å². The highest BCUT2D eigenvalue weighted by Crippen LogP contribution is 2.33. The summed E-state index contributed by atoms with van der Waals surface area (Å²) >= 11 is 11.6. The number of hydrogen-bond acceptors (Lipinski definition) is 4. The number of benzene rings is 2. The van der Waals surface area contributed by atoms with Crippen molar-refractivity contribution in [1.29, 1.82) is 0 Å². The Hall–Kier alpha value is -3.24. The van der Waals surface area contributed by atoms with Crippen LogP contribution in [0.1, 0.15) is 31.8 Å². The van der Waals surface area contributed by atoms with Gasteiger partial charge in [0.15, 0.2) is 11.6 Å². The number of hydrogen-bond donors (Lipinski definition) is 3. The van der Waals surface area contributed by atoms with Crippen molar-refractivity contribution >= 4 is 40.8 Å². The van der Waals surface area contributed by atoms with E-state index >= 15 is 0 Å². The van der Waals surface area contributed by atoms with Crippen LogP contribution >= 0.6 is 23.2 Å². The third kappa shape index (κ3) is 5.14. The van der Waals surface area contributed by atoms with Gasteiger partial charge in [0.25, 0.3) is 11.8 Å². The number of phenols is 1. The fraction of sp³-hybridized carbons (Fsp3) is 0.150. The highest BCUT2D eigenvalue weighted by atomic mass is 35.5. The van der Waals surface area contributed by atoms with Crippen molar-refractivity contribution in [2.24, 2.45) is 7.05 Å². The topological polar surface area (TPSA) is 96.2 Å². The van der Waals surface area contributed by atoms with Crippen molar-refractivity contribution in [3.63, 3.8) is 0 Å². The van der Waals surface area contributed by atoms with Crippen molar-refractivity contribution in [3.05, 3.63) is 74.9 Å². The number of nitrogens with one attached hydrogen (secondary N) is 2. The van der Waals surface area contributed by atoms with Gasteiger partial charge in [-0.1, -0.05) is 41.4 Å².